The molecule has 0 aliphatic carbocycles. The van der Waals surface area contributed by atoms with E-state index in [1.54, 1.807) is 7.05 Å². The number of hydrogen-bond donors (Lipinski definition) is 2. The van der Waals surface area contributed by atoms with E-state index in [2.05, 4.69) is 44.8 Å². The van der Waals surface area contributed by atoms with Crippen LogP contribution in [0.5, 0.6) is 0 Å². The molecule has 150 valence electrons. The number of guanidine groups is 1. The molecule has 0 radical (unpaired) electrons. The first-order chi connectivity index (χ1) is 13.2. The van der Waals surface area contributed by atoms with Crippen molar-refractivity contribution in [1.29, 1.82) is 0 Å². The molecule has 0 bridgehead atoms. The van der Waals surface area contributed by atoms with Crippen LogP contribution in [0.25, 0.3) is 0 Å². The van der Waals surface area contributed by atoms with Crippen molar-refractivity contribution in [3.05, 3.63) is 35.4 Å². The Balaban J connectivity index is 1.77. The van der Waals surface area contributed by atoms with E-state index < -0.39 is 0 Å². The molecular formula is C20H32N4O3. The van der Waals surface area contributed by atoms with E-state index in [0.29, 0.717) is 32.5 Å². The minimum absolute atomic E-state index is 0.153. The molecule has 0 aromatic heterocycles. The second kappa shape index (κ2) is 12.3. The van der Waals surface area contributed by atoms with Crippen molar-refractivity contribution in [2.24, 2.45) is 4.99 Å². The van der Waals surface area contributed by atoms with Crippen molar-refractivity contribution in [3.8, 4) is 0 Å². The Hall–Kier alpha value is -2.12. The first-order valence-corrected chi connectivity index (χ1v) is 9.70. The van der Waals surface area contributed by atoms with Gasteiger partial charge in [0.15, 0.2) is 5.96 Å². The van der Waals surface area contributed by atoms with E-state index in [1.807, 2.05) is 6.92 Å². The van der Waals surface area contributed by atoms with Crippen LogP contribution in [0.3, 0.4) is 0 Å². The third-order valence-electron chi connectivity index (χ3n) is 4.44. The first kappa shape index (κ1) is 21.2. The lowest BCUT2D eigenvalue weighted by Crippen LogP contribution is -2.38. The number of carbonyl (C=O) groups excluding carboxylic acids is 1. The molecule has 7 nitrogen and oxygen atoms in total. The van der Waals surface area contributed by atoms with E-state index in [4.69, 9.17) is 9.47 Å². The summed E-state index contributed by atoms with van der Waals surface area (Å²) in [6.07, 6.45) is 1.13. The third kappa shape index (κ3) is 7.97. The second-order valence-electron chi connectivity index (χ2n) is 6.42. The molecular weight excluding hydrogens is 344 g/mol. The number of rotatable bonds is 9. The molecule has 1 aromatic carbocycles. The number of aliphatic imine (C=N–C) groups is 1. The monoisotopic (exact) mass is 376 g/mol. The van der Waals surface area contributed by atoms with Crippen LogP contribution < -0.4 is 10.6 Å². The summed E-state index contributed by atoms with van der Waals surface area (Å²) in [6.45, 7) is 8.14. The Labute approximate surface area is 162 Å². The molecule has 0 amide bonds. The van der Waals surface area contributed by atoms with E-state index in [-0.39, 0.29) is 5.97 Å². The minimum atomic E-state index is -0.153. The molecule has 1 aliphatic rings. The SMILES string of the molecule is CCOC(=O)CCCNC(=NC)NCc1ccccc1CN1CCOCC1. The quantitative estimate of drug-likeness (QED) is 0.295. The Morgan fingerprint density at radius 3 is 2.67 bits per heavy atom. The number of esters is 1. The lowest BCUT2D eigenvalue weighted by atomic mass is 10.1. The van der Waals surface area contributed by atoms with Gasteiger partial charge in [-0.1, -0.05) is 24.3 Å². The van der Waals surface area contributed by atoms with Crippen molar-refractivity contribution in [3.63, 3.8) is 0 Å². The molecule has 1 fully saturated rings. The highest BCUT2D eigenvalue weighted by atomic mass is 16.5. The number of carbonyl (C=O) groups is 1. The molecule has 0 saturated carbocycles. The van der Waals surface area contributed by atoms with Gasteiger partial charge in [-0.25, -0.2) is 0 Å². The van der Waals surface area contributed by atoms with Gasteiger partial charge in [0, 0.05) is 46.2 Å². The van der Waals surface area contributed by atoms with Gasteiger partial charge in [0.05, 0.1) is 19.8 Å². The maximum atomic E-state index is 11.4. The summed E-state index contributed by atoms with van der Waals surface area (Å²) in [5.74, 6) is 0.583. The zero-order valence-corrected chi connectivity index (χ0v) is 16.5. The normalized spacial score (nSPS) is 15.4. The standard InChI is InChI=1S/C20H32N4O3/c1-3-27-19(25)9-6-10-22-20(21-2)23-15-17-7-4-5-8-18(17)16-24-11-13-26-14-12-24/h4-5,7-8H,3,6,9-16H2,1-2H3,(H2,21,22,23). The molecule has 2 N–H and O–H groups in total. The molecule has 1 saturated heterocycles. The Bertz CT molecular complexity index is 601. The Morgan fingerprint density at radius 1 is 1.22 bits per heavy atom. The number of hydrogen-bond acceptors (Lipinski definition) is 5. The zero-order valence-electron chi connectivity index (χ0n) is 16.5. The summed E-state index contributed by atoms with van der Waals surface area (Å²) in [5.41, 5.74) is 2.59. The van der Waals surface area contributed by atoms with Crippen LogP contribution in [0.1, 0.15) is 30.9 Å². The van der Waals surface area contributed by atoms with Crippen molar-refractivity contribution in [2.45, 2.75) is 32.9 Å². The van der Waals surface area contributed by atoms with Gasteiger partial charge < -0.3 is 20.1 Å². The molecule has 0 atom stereocenters. The van der Waals surface area contributed by atoms with Gasteiger partial charge >= 0.3 is 5.97 Å². The number of benzene rings is 1. The predicted octanol–water partition coefficient (Wildman–Crippen LogP) is 1.53. The third-order valence-corrected chi connectivity index (χ3v) is 4.44. The van der Waals surface area contributed by atoms with Gasteiger partial charge in [-0.05, 0) is 24.5 Å². The molecule has 1 heterocycles. The zero-order chi connectivity index (χ0) is 19.3. The summed E-state index contributed by atoms with van der Waals surface area (Å²) in [7, 11) is 1.75. The maximum absolute atomic E-state index is 11.4. The average molecular weight is 377 g/mol. The molecule has 27 heavy (non-hydrogen) atoms. The summed E-state index contributed by atoms with van der Waals surface area (Å²) in [5, 5.41) is 6.60. The van der Waals surface area contributed by atoms with Crippen molar-refractivity contribution in [2.75, 3.05) is 46.5 Å². The fraction of sp³-hybridized carbons (Fsp3) is 0.600. The average Bonchev–Trinajstić information content (AvgIpc) is 2.69. The summed E-state index contributed by atoms with van der Waals surface area (Å²) >= 11 is 0. The maximum Gasteiger partial charge on any atom is 0.305 e. The van der Waals surface area contributed by atoms with E-state index in [1.165, 1.54) is 11.1 Å². The summed E-state index contributed by atoms with van der Waals surface area (Å²) in [6, 6.07) is 8.48. The molecule has 0 spiro atoms. The lowest BCUT2D eigenvalue weighted by Gasteiger charge is -2.27. The van der Waals surface area contributed by atoms with Crippen molar-refractivity contribution < 1.29 is 14.3 Å². The van der Waals surface area contributed by atoms with E-state index >= 15 is 0 Å². The molecule has 1 aliphatic heterocycles. The Morgan fingerprint density at radius 2 is 1.96 bits per heavy atom. The highest BCUT2D eigenvalue weighted by Crippen LogP contribution is 2.13. The molecule has 2 rings (SSSR count). The van der Waals surface area contributed by atoms with Gasteiger partial charge in [0.1, 0.15) is 0 Å². The van der Waals surface area contributed by atoms with Crippen molar-refractivity contribution in [1.82, 2.24) is 15.5 Å². The van der Waals surface area contributed by atoms with Crippen LogP contribution in [-0.2, 0) is 27.4 Å². The molecule has 7 heteroatoms. The second-order valence-corrected chi connectivity index (χ2v) is 6.42. The van der Waals surface area contributed by atoms with Gasteiger partial charge in [-0.15, -0.1) is 0 Å². The number of ether oxygens (including phenoxy) is 2. The molecule has 0 unspecified atom stereocenters. The number of nitrogens with one attached hydrogen (secondary N) is 2. The minimum Gasteiger partial charge on any atom is -0.466 e. The van der Waals surface area contributed by atoms with E-state index in [9.17, 15) is 4.79 Å². The lowest BCUT2D eigenvalue weighted by molar-refractivity contribution is -0.143. The van der Waals surface area contributed by atoms with Gasteiger partial charge in [0.2, 0.25) is 0 Å². The highest BCUT2D eigenvalue weighted by Gasteiger charge is 2.12. The molecule has 1 aromatic rings. The van der Waals surface area contributed by atoms with Crippen LogP contribution in [0, 0.1) is 0 Å². The van der Waals surface area contributed by atoms with Gasteiger partial charge in [0.25, 0.3) is 0 Å². The van der Waals surface area contributed by atoms with Crippen LogP contribution >= 0.6 is 0 Å². The van der Waals surface area contributed by atoms with Gasteiger partial charge in [-0.2, -0.15) is 0 Å². The van der Waals surface area contributed by atoms with Gasteiger partial charge in [-0.3, -0.25) is 14.7 Å². The fourth-order valence-electron chi connectivity index (χ4n) is 2.96. The predicted molar refractivity (Wildman–Crippen MR) is 107 cm³/mol. The highest BCUT2D eigenvalue weighted by molar-refractivity contribution is 5.79. The van der Waals surface area contributed by atoms with Crippen molar-refractivity contribution >= 4 is 11.9 Å². The van der Waals surface area contributed by atoms with Crippen LogP contribution in [0.15, 0.2) is 29.3 Å². The fourth-order valence-corrected chi connectivity index (χ4v) is 2.96. The largest absolute Gasteiger partial charge is 0.466 e. The Kier molecular flexibility index (Phi) is 9.65. The topological polar surface area (TPSA) is 75.2 Å². The number of nitrogens with zero attached hydrogens (tertiary/aromatic N) is 2. The van der Waals surface area contributed by atoms with E-state index in [0.717, 1.165) is 38.8 Å². The van der Waals surface area contributed by atoms with Crippen LogP contribution in [0.2, 0.25) is 0 Å². The smallest absolute Gasteiger partial charge is 0.305 e. The number of morpholine rings is 1. The van der Waals surface area contributed by atoms with Crippen LogP contribution in [0.4, 0.5) is 0 Å². The van der Waals surface area contributed by atoms with Crippen LogP contribution in [-0.4, -0.2) is 63.3 Å². The summed E-state index contributed by atoms with van der Waals surface area (Å²) < 4.78 is 10.4. The summed E-state index contributed by atoms with van der Waals surface area (Å²) in [4.78, 5) is 18.0. The first-order valence-electron chi connectivity index (χ1n) is 9.70.